The predicted octanol–water partition coefficient (Wildman–Crippen LogP) is 2.63. The lowest BCUT2D eigenvalue weighted by Gasteiger charge is -2.36. The summed E-state index contributed by atoms with van der Waals surface area (Å²) in [4.78, 5) is 14.7. The zero-order chi connectivity index (χ0) is 23.3. The van der Waals surface area contributed by atoms with Crippen LogP contribution < -0.4 is 5.32 Å². The Kier molecular flexibility index (Phi) is 7.75. The number of hydrogen-bond donors (Lipinski definition) is 1. The van der Waals surface area contributed by atoms with Gasteiger partial charge in [0.2, 0.25) is 10.0 Å². The summed E-state index contributed by atoms with van der Waals surface area (Å²) in [6, 6.07) is 13.9. The van der Waals surface area contributed by atoms with Gasteiger partial charge in [0.25, 0.3) is 5.91 Å². The maximum absolute atomic E-state index is 14.4. The first-order chi connectivity index (χ1) is 15.9. The van der Waals surface area contributed by atoms with Gasteiger partial charge in [-0.15, -0.1) is 0 Å². The Balaban J connectivity index is 1.43. The van der Waals surface area contributed by atoms with Crippen molar-refractivity contribution in [3.05, 3.63) is 65.5 Å². The van der Waals surface area contributed by atoms with Crippen molar-refractivity contribution in [2.45, 2.75) is 36.7 Å². The number of nitrogens with one attached hydrogen (secondary N) is 1. The van der Waals surface area contributed by atoms with Crippen molar-refractivity contribution in [1.29, 1.82) is 0 Å². The van der Waals surface area contributed by atoms with Crippen LogP contribution in [0.3, 0.4) is 0 Å². The molecule has 0 radical (unpaired) electrons. The predicted molar refractivity (Wildman–Crippen MR) is 123 cm³/mol. The van der Waals surface area contributed by atoms with Crippen molar-refractivity contribution in [3.63, 3.8) is 0 Å². The lowest BCUT2D eigenvalue weighted by molar-refractivity contribution is 0.0729. The molecule has 2 fully saturated rings. The topological polar surface area (TPSA) is 79.0 Å². The van der Waals surface area contributed by atoms with Gasteiger partial charge in [-0.05, 0) is 43.1 Å². The number of amides is 1. The number of rotatable bonds is 7. The Labute approximate surface area is 194 Å². The van der Waals surface area contributed by atoms with Crippen LogP contribution in [0.1, 0.15) is 35.2 Å². The molecule has 4 rings (SSSR count). The number of hydrogen-bond acceptors (Lipinski definition) is 5. The summed E-state index contributed by atoms with van der Waals surface area (Å²) in [5.74, 6) is -1.27. The third-order valence-corrected chi connectivity index (χ3v) is 8.17. The summed E-state index contributed by atoms with van der Waals surface area (Å²) in [7, 11) is -4.04. The van der Waals surface area contributed by atoms with Crippen LogP contribution in [0, 0.1) is 5.82 Å². The van der Waals surface area contributed by atoms with E-state index in [-0.39, 0.29) is 37.9 Å². The highest BCUT2D eigenvalue weighted by molar-refractivity contribution is 7.89. The molecule has 1 unspecified atom stereocenters. The molecule has 1 N–H and O–H groups in total. The molecule has 2 aromatic rings. The van der Waals surface area contributed by atoms with Crippen molar-refractivity contribution in [1.82, 2.24) is 14.5 Å². The van der Waals surface area contributed by atoms with E-state index in [2.05, 4.69) is 22.3 Å². The van der Waals surface area contributed by atoms with Gasteiger partial charge in [0.1, 0.15) is 10.7 Å². The van der Waals surface area contributed by atoms with E-state index in [9.17, 15) is 17.6 Å². The Hall–Kier alpha value is -2.33. The molecular weight excluding hydrogens is 445 g/mol. The molecule has 0 spiro atoms. The number of halogens is 1. The summed E-state index contributed by atoms with van der Waals surface area (Å²) >= 11 is 0. The van der Waals surface area contributed by atoms with Gasteiger partial charge in [-0.25, -0.2) is 12.8 Å². The average Bonchev–Trinajstić information content (AvgIpc) is 2.84. The second-order valence-electron chi connectivity index (χ2n) is 8.48. The van der Waals surface area contributed by atoms with E-state index in [1.54, 1.807) is 0 Å². The summed E-state index contributed by atoms with van der Waals surface area (Å²) in [5, 5.41) is 2.93. The van der Waals surface area contributed by atoms with E-state index in [4.69, 9.17) is 4.74 Å². The number of morpholine rings is 1. The third kappa shape index (κ3) is 5.78. The number of carbonyl (C=O) groups excluding carboxylic acids is 1. The Bertz CT molecular complexity index is 1060. The molecule has 33 heavy (non-hydrogen) atoms. The van der Waals surface area contributed by atoms with E-state index in [0.29, 0.717) is 6.54 Å². The molecule has 178 valence electrons. The van der Waals surface area contributed by atoms with Crippen LogP contribution >= 0.6 is 0 Å². The molecule has 0 bridgehead atoms. The monoisotopic (exact) mass is 475 g/mol. The van der Waals surface area contributed by atoms with Gasteiger partial charge in [0, 0.05) is 37.8 Å². The number of likely N-dealkylation sites (tertiary alicyclic amines) is 1. The molecule has 2 aliphatic heterocycles. The fourth-order valence-electron chi connectivity index (χ4n) is 4.40. The maximum Gasteiger partial charge on any atom is 0.251 e. The third-order valence-electron chi connectivity index (χ3n) is 6.26. The van der Waals surface area contributed by atoms with Crippen molar-refractivity contribution < 1.29 is 22.3 Å². The van der Waals surface area contributed by atoms with E-state index in [1.165, 1.54) is 15.9 Å². The summed E-state index contributed by atoms with van der Waals surface area (Å²) in [6.07, 6.45) is 3.20. The smallest absolute Gasteiger partial charge is 0.251 e. The number of carbonyl (C=O) groups is 1. The van der Waals surface area contributed by atoms with Gasteiger partial charge in [0.15, 0.2) is 0 Å². The number of sulfonamides is 1. The van der Waals surface area contributed by atoms with Crippen molar-refractivity contribution in [3.8, 4) is 0 Å². The van der Waals surface area contributed by atoms with Gasteiger partial charge in [0.05, 0.1) is 13.2 Å². The molecule has 0 aliphatic carbocycles. The molecule has 9 heteroatoms. The molecular formula is C24H30FN3O4S. The first-order valence-electron chi connectivity index (χ1n) is 11.4. The number of benzene rings is 2. The fourth-order valence-corrected chi connectivity index (χ4v) is 5.90. The first kappa shape index (κ1) is 23.8. The Morgan fingerprint density at radius 3 is 2.58 bits per heavy atom. The van der Waals surface area contributed by atoms with Gasteiger partial charge in [-0.1, -0.05) is 36.8 Å². The minimum Gasteiger partial charge on any atom is -0.379 e. The molecule has 0 saturated carbocycles. The molecule has 1 amide bonds. The van der Waals surface area contributed by atoms with E-state index >= 15 is 0 Å². The minimum absolute atomic E-state index is 0.133. The van der Waals surface area contributed by atoms with Crippen LogP contribution in [-0.2, 0) is 21.3 Å². The van der Waals surface area contributed by atoms with E-state index < -0.39 is 26.6 Å². The zero-order valence-corrected chi connectivity index (χ0v) is 19.4. The molecule has 2 aliphatic rings. The van der Waals surface area contributed by atoms with Crippen LogP contribution in [0.25, 0.3) is 0 Å². The highest BCUT2D eigenvalue weighted by Gasteiger charge is 2.30. The molecule has 2 saturated heterocycles. The van der Waals surface area contributed by atoms with Crippen LogP contribution in [-0.4, -0.2) is 69.0 Å². The maximum atomic E-state index is 14.4. The normalized spacial score (nSPS) is 20.5. The van der Waals surface area contributed by atoms with Gasteiger partial charge in [-0.3, -0.25) is 9.69 Å². The highest BCUT2D eigenvalue weighted by atomic mass is 32.2. The summed E-state index contributed by atoms with van der Waals surface area (Å²) < 4.78 is 46.6. The molecule has 1 atom stereocenters. The number of ether oxygens (including phenoxy) is 1. The van der Waals surface area contributed by atoms with Gasteiger partial charge < -0.3 is 10.1 Å². The van der Waals surface area contributed by atoms with Crippen LogP contribution in [0.4, 0.5) is 4.39 Å². The van der Waals surface area contributed by atoms with Crippen LogP contribution in [0.2, 0.25) is 0 Å². The largest absolute Gasteiger partial charge is 0.379 e. The lowest BCUT2D eigenvalue weighted by atomic mass is 10.0. The number of nitrogens with zero attached hydrogens (tertiary/aromatic N) is 2. The fraction of sp³-hybridized carbons (Fsp3) is 0.458. The average molecular weight is 476 g/mol. The molecule has 2 heterocycles. The highest BCUT2D eigenvalue weighted by Crippen LogP contribution is 2.23. The Morgan fingerprint density at radius 1 is 1.06 bits per heavy atom. The summed E-state index contributed by atoms with van der Waals surface area (Å²) in [5.41, 5.74) is 1.36. The minimum atomic E-state index is -4.04. The van der Waals surface area contributed by atoms with Gasteiger partial charge >= 0.3 is 0 Å². The first-order valence-corrected chi connectivity index (χ1v) is 12.8. The van der Waals surface area contributed by atoms with Crippen molar-refractivity contribution in [2.24, 2.45) is 0 Å². The zero-order valence-electron chi connectivity index (χ0n) is 18.6. The molecule has 0 aromatic heterocycles. The van der Waals surface area contributed by atoms with E-state index in [0.717, 1.165) is 44.5 Å². The van der Waals surface area contributed by atoms with Crippen molar-refractivity contribution >= 4 is 15.9 Å². The summed E-state index contributed by atoms with van der Waals surface area (Å²) in [6.45, 7) is 3.10. The SMILES string of the molecule is O=C(NCC1CCCCN1Cc1ccccc1)c1ccc(F)c(S(=O)(=O)N2CCOCC2)c1. The lowest BCUT2D eigenvalue weighted by Crippen LogP contribution is -2.46. The molecule has 2 aromatic carbocycles. The van der Waals surface area contributed by atoms with E-state index in [1.807, 2.05) is 18.2 Å². The second-order valence-corrected chi connectivity index (χ2v) is 10.4. The van der Waals surface area contributed by atoms with Crippen LogP contribution in [0.5, 0.6) is 0 Å². The van der Waals surface area contributed by atoms with Gasteiger partial charge in [-0.2, -0.15) is 4.31 Å². The number of piperidine rings is 1. The van der Waals surface area contributed by atoms with Crippen LogP contribution in [0.15, 0.2) is 53.4 Å². The Morgan fingerprint density at radius 2 is 1.82 bits per heavy atom. The molecule has 7 nitrogen and oxygen atoms in total. The quantitative estimate of drug-likeness (QED) is 0.666. The standard InChI is InChI=1S/C24H30FN3O4S/c25-22-10-9-20(16-23(22)33(30,31)28-12-14-32-15-13-28)24(29)26-17-21-8-4-5-11-27(21)18-19-6-2-1-3-7-19/h1-3,6-7,9-10,16,21H,4-5,8,11-15,17-18H2,(H,26,29). The second kappa shape index (κ2) is 10.7. The van der Waals surface area contributed by atoms with Crippen molar-refractivity contribution in [2.75, 3.05) is 39.4 Å².